The molecule has 0 atom stereocenters. The fraction of sp³-hybridized carbons (Fsp3) is 0.304. The SMILES string of the molecule is C=CCNS(=O)(=O)c1ccc(C(=O)NCc2cccc(NC(=O)C3CCCC3)c2)cc1. The summed E-state index contributed by atoms with van der Waals surface area (Å²) in [5, 5.41) is 5.77. The summed E-state index contributed by atoms with van der Waals surface area (Å²) in [5.41, 5.74) is 1.92. The number of benzene rings is 2. The van der Waals surface area contributed by atoms with Crippen LogP contribution >= 0.6 is 0 Å². The number of carbonyl (C=O) groups is 2. The van der Waals surface area contributed by atoms with E-state index in [1.807, 2.05) is 24.3 Å². The molecule has 0 heterocycles. The Morgan fingerprint density at radius 3 is 2.45 bits per heavy atom. The molecule has 164 valence electrons. The van der Waals surface area contributed by atoms with E-state index in [0.717, 1.165) is 31.2 Å². The van der Waals surface area contributed by atoms with E-state index in [1.54, 1.807) is 0 Å². The lowest BCUT2D eigenvalue weighted by Gasteiger charge is -2.12. The maximum absolute atomic E-state index is 12.4. The lowest BCUT2D eigenvalue weighted by molar-refractivity contribution is -0.119. The molecule has 0 bridgehead atoms. The van der Waals surface area contributed by atoms with Gasteiger partial charge in [0.1, 0.15) is 0 Å². The van der Waals surface area contributed by atoms with Crippen LogP contribution in [0.2, 0.25) is 0 Å². The number of carbonyl (C=O) groups excluding carboxylic acids is 2. The van der Waals surface area contributed by atoms with Gasteiger partial charge in [0, 0.05) is 30.3 Å². The molecule has 1 aliphatic rings. The van der Waals surface area contributed by atoms with Crippen LogP contribution in [0.25, 0.3) is 0 Å². The van der Waals surface area contributed by atoms with Gasteiger partial charge in [-0.15, -0.1) is 6.58 Å². The fourth-order valence-corrected chi connectivity index (χ4v) is 4.51. The van der Waals surface area contributed by atoms with Gasteiger partial charge in [0.25, 0.3) is 5.91 Å². The molecule has 0 aliphatic heterocycles. The number of rotatable bonds is 9. The van der Waals surface area contributed by atoms with Gasteiger partial charge in [-0.2, -0.15) is 0 Å². The molecule has 2 aromatic carbocycles. The van der Waals surface area contributed by atoms with E-state index in [4.69, 9.17) is 0 Å². The van der Waals surface area contributed by atoms with Crippen molar-refractivity contribution in [2.45, 2.75) is 37.1 Å². The number of hydrogen-bond donors (Lipinski definition) is 3. The molecule has 0 saturated heterocycles. The Bertz CT molecular complexity index is 1040. The minimum absolute atomic E-state index is 0.0521. The number of anilines is 1. The summed E-state index contributed by atoms with van der Waals surface area (Å²) in [6.45, 7) is 3.89. The van der Waals surface area contributed by atoms with Crippen LogP contribution < -0.4 is 15.4 Å². The van der Waals surface area contributed by atoms with Gasteiger partial charge < -0.3 is 10.6 Å². The first kappa shape index (κ1) is 22.7. The monoisotopic (exact) mass is 441 g/mol. The molecule has 3 N–H and O–H groups in total. The summed E-state index contributed by atoms with van der Waals surface area (Å²) < 4.78 is 26.6. The molecule has 31 heavy (non-hydrogen) atoms. The quantitative estimate of drug-likeness (QED) is 0.520. The zero-order chi connectivity index (χ0) is 22.3. The Kier molecular flexibility index (Phi) is 7.59. The lowest BCUT2D eigenvalue weighted by Crippen LogP contribution is -2.25. The zero-order valence-corrected chi connectivity index (χ0v) is 18.1. The summed E-state index contributed by atoms with van der Waals surface area (Å²) in [4.78, 5) is 24.8. The average molecular weight is 442 g/mol. The van der Waals surface area contributed by atoms with Gasteiger partial charge in [-0.1, -0.05) is 31.1 Å². The number of amides is 2. The second-order valence-electron chi connectivity index (χ2n) is 7.52. The highest BCUT2D eigenvalue weighted by molar-refractivity contribution is 7.89. The van der Waals surface area contributed by atoms with E-state index in [9.17, 15) is 18.0 Å². The topological polar surface area (TPSA) is 104 Å². The van der Waals surface area contributed by atoms with Gasteiger partial charge in [0.15, 0.2) is 0 Å². The van der Waals surface area contributed by atoms with Gasteiger partial charge in [-0.25, -0.2) is 13.1 Å². The smallest absolute Gasteiger partial charge is 0.251 e. The van der Waals surface area contributed by atoms with E-state index in [0.29, 0.717) is 11.3 Å². The van der Waals surface area contributed by atoms with Crippen molar-refractivity contribution < 1.29 is 18.0 Å². The van der Waals surface area contributed by atoms with Crippen molar-refractivity contribution in [3.63, 3.8) is 0 Å². The largest absolute Gasteiger partial charge is 0.348 e. The predicted octanol–water partition coefficient (Wildman–Crippen LogP) is 3.21. The number of nitrogens with one attached hydrogen (secondary N) is 3. The number of sulfonamides is 1. The Morgan fingerprint density at radius 2 is 1.77 bits per heavy atom. The second-order valence-corrected chi connectivity index (χ2v) is 9.29. The Morgan fingerprint density at radius 1 is 1.06 bits per heavy atom. The van der Waals surface area contributed by atoms with E-state index >= 15 is 0 Å². The molecule has 7 nitrogen and oxygen atoms in total. The van der Waals surface area contributed by atoms with Crippen molar-refractivity contribution in [1.29, 1.82) is 0 Å². The maximum atomic E-state index is 12.4. The third kappa shape index (κ3) is 6.26. The van der Waals surface area contributed by atoms with Crippen LogP contribution in [0.4, 0.5) is 5.69 Å². The zero-order valence-electron chi connectivity index (χ0n) is 17.3. The van der Waals surface area contributed by atoms with Crippen LogP contribution in [0.1, 0.15) is 41.6 Å². The highest BCUT2D eigenvalue weighted by atomic mass is 32.2. The van der Waals surface area contributed by atoms with Gasteiger partial charge in [-0.05, 0) is 54.8 Å². The standard InChI is InChI=1S/C23H27N3O4S/c1-2-14-25-31(29,30)21-12-10-19(11-13-21)22(27)24-16-17-6-5-9-20(15-17)26-23(28)18-7-3-4-8-18/h2,5-6,9-13,15,18,25H,1,3-4,7-8,14,16H2,(H,24,27)(H,26,28). The first-order valence-corrected chi connectivity index (χ1v) is 11.8. The third-order valence-corrected chi connectivity index (χ3v) is 6.66. The predicted molar refractivity (Wildman–Crippen MR) is 120 cm³/mol. The highest BCUT2D eigenvalue weighted by Crippen LogP contribution is 2.26. The van der Waals surface area contributed by atoms with Crippen LogP contribution in [0.3, 0.4) is 0 Å². The van der Waals surface area contributed by atoms with Crippen LogP contribution in [-0.4, -0.2) is 26.8 Å². The van der Waals surface area contributed by atoms with Crippen molar-refractivity contribution in [3.8, 4) is 0 Å². The van der Waals surface area contributed by atoms with Crippen molar-refractivity contribution in [2.24, 2.45) is 5.92 Å². The molecule has 0 aromatic heterocycles. The first-order chi connectivity index (χ1) is 14.9. The summed E-state index contributed by atoms with van der Waals surface area (Å²) in [6, 6.07) is 13.1. The summed E-state index contributed by atoms with van der Waals surface area (Å²) in [6.07, 6.45) is 5.53. The van der Waals surface area contributed by atoms with Gasteiger partial charge >= 0.3 is 0 Å². The van der Waals surface area contributed by atoms with Crippen molar-refractivity contribution in [1.82, 2.24) is 10.0 Å². The molecular weight excluding hydrogens is 414 g/mol. The molecule has 8 heteroatoms. The Hall–Kier alpha value is -2.97. The van der Waals surface area contributed by atoms with E-state index in [-0.39, 0.29) is 35.7 Å². The van der Waals surface area contributed by atoms with Crippen molar-refractivity contribution >= 4 is 27.5 Å². The molecule has 2 amide bonds. The lowest BCUT2D eigenvalue weighted by atomic mass is 10.1. The molecule has 0 spiro atoms. The van der Waals surface area contributed by atoms with Crippen LogP contribution in [-0.2, 0) is 21.4 Å². The third-order valence-electron chi connectivity index (χ3n) is 5.22. The number of hydrogen-bond acceptors (Lipinski definition) is 4. The normalized spacial score (nSPS) is 14.2. The molecular formula is C23H27N3O4S. The minimum atomic E-state index is -3.63. The minimum Gasteiger partial charge on any atom is -0.348 e. The first-order valence-electron chi connectivity index (χ1n) is 10.3. The van der Waals surface area contributed by atoms with E-state index in [2.05, 4.69) is 21.9 Å². The van der Waals surface area contributed by atoms with E-state index < -0.39 is 10.0 Å². The van der Waals surface area contributed by atoms with Crippen molar-refractivity contribution in [2.75, 3.05) is 11.9 Å². The van der Waals surface area contributed by atoms with Gasteiger partial charge in [0.2, 0.25) is 15.9 Å². The molecule has 3 rings (SSSR count). The second kappa shape index (κ2) is 10.4. The summed E-state index contributed by atoms with van der Waals surface area (Å²) in [5.74, 6) is -0.179. The molecule has 1 aliphatic carbocycles. The van der Waals surface area contributed by atoms with Crippen LogP contribution in [0.5, 0.6) is 0 Å². The average Bonchev–Trinajstić information content (AvgIpc) is 3.32. The summed E-state index contributed by atoms with van der Waals surface area (Å²) in [7, 11) is -3.63. The molecule has 0 unspecified atom stereocenters. The Balaban J connectivity index is 1.56. The summed E-state index contributed by atoms with van der Waals surface area (Å²) >= 11 is 0. The molecule has 0 radical (unpaired) electrons. The van der Waals surface area contributed by atoms with Crippen LogP contribution in [0.15, 0.2) is 66.1 Å². The molecule has 2 aromatic rings. The fourth-order valence-electron chi connectivity index (χ4n) is 3.51. The van der Waals surface area contributed by atoms with Gasteiger partial charge in [-0.3, -0.25) is 9.59 Å². The van der Waals surface area contributed by atoms with E-state index in [1.165, 1.54) is 30.3 Å². The van der Waals surface area contributed by atoms with Crippen LogP contribution in [0, 0.1) is 5.92 Å². The van der Waals surface area contributed by atoms with Gasteiger partial charge in [0.05, 0.1) is 4.90 Å². The highest BCUT2D eigenvalue weighted by Gasteiger charge is 2.22. The Labute approximate surface area is 183 Å². The molecule has 1 fully saturated rings. The molecule has 1 saturated carbocycles. The maximum Gasteiger partial charge on any atom is 0.251 e. The van der Waals surface area contributed by atoms with Crippen molar-refractivity contribution in [3.05, 3.63) is 72.3 Å².